The molecule has 0 saturated carbocycles. The highest BCUT2D eigenvalue weighted by atomic mass is 15.5. The van der Waals surface area contributed by atoms with Crippen molar-refractivity contribution in [2.75, 3.05) is 0 Å². The van der Waals surface area contributed by atoms with Crippen LogP contribution in [0.5, 0.6) is 0 Å². The zero-order valence-electron chi connectivity index (χ0n) is 18.9. The second kappa shape index (κ2) is 8.78. The average molecular weight is 436 g/mol. The number of fused-ring (bicyclic) bond motifs is 1. The Balaban J connectivity index is 1.51. The van der Waals surface area contributed by atoms with Crippen molar-refractivity contribution in [2.24, 2.45) is 0 Å². The Hall–Kier alpha value is -4.13. The lowest BCUT2D eigenvalue weighted by Crippen LogP contribution is -2.05. The van der Waals surface area contributed by atoms with E-state index in [2.05, 4.69) is 81.5 Å². The standard InChI is InChI=1S/C26H25N7/c1-4-24-28-25-17(2)14-18(3)27-26(25)33(24)16-19-10-12-21(13-11-19)22(15-23-29-31-32-30-23)20-8-6-5-7-9-20/h5-15H,4,16H2,1-3H3,(H,29,30,31,32). The Labute approximate surface area is 192 Å². The van der Waals surface area contributed by atoms with Crippen molar-refractivity contribution in [1.29, 1.82) is 0 Å². The highest BCUT2D eigenvalue weighted by Crippen LogP contribution is 2.26. The SMILES string of the molecule is CCc1nc2c(C)cc(C)nc2n1Cc1ccc(C(=Cc2nn[nH]n2)c2ccccc2)cc1. The van der Waals surface area contributed by atoms with Crippen LogP contribution >= 0.6 is 0 Å². The molecular weight excluding hydrogens is 410 g/mol. The smallest absolute Gasteiger partial charge is 0.198 e. The van der Waals surface area contributed by atoms with Crippen LogP contribution in [0.3, 0.4) is 0 Å². The summed E-state index contributed by atoms with van der Waals surface area (Å²) in [7, 11) is 0. The first-order chi connectivity index (χ1) is 16.1. The minimum absolute atomic E-state index is 0.548. The molecule has 0 aliphatic carbocycles. The van der Waals surface area contributed by atoms with Gasteiger partial charge in [-0.25, -0.2) is 9.97 Å². The van der Waals surface area contributed by atoms with Crippen LogP contribution in [-0.4, -0.2) is 35.2 Å². The molecular formula is C26H25N7. The molecule has 0 atom stereocenters. The van der Waals surface area contributed by atoms with E-state index in [0.29, 0.717) is 5.82 Å². The molecule has 33 heavy (non-hydrogen) atoms. The number of aromatic nitrogens is 7. The number of aryl methyl sites for hydroxylation is 3. The van der Waals surface area contributed by atoms with Gasteiger partial charge in [0.15, 0.2) is 11.5 Å². The van der Waals surface area contributed by atoms with Crippen LogP contribution in [0.2, 0.25) is 0 Å². The summed E-state index contributed by atoms with van der Waals surface area (Å²) >= 11 is 0. The Bertz CT molecular complexity index is 1410. The maximum absolute atomic E-state index is 4.86. The normalized spacial score (nSPS) is 11.9. The number of pyridine rings is 1. The monoisotopic (exact) mass is 435 g/mol. The van der Waals surface area contributed by atoms with Crippen LogP contribution in [0, 0.1) is 13.8 Å². The fourth-order valence-electron chi connectivity index (χ4n) is 4.17. The number of nitrogens with one attached hydrogen (secondary N) is 1. The summed E-state index contributed by atoms with van der Waals surface area (Å²) in [5.74, 6) is 1.60. The first-order valence-electron chi connectivity index (χ1n) is 11.1. The summed E-state index contributed by atoms with van der Waals surface area (Å²) in [4.78, 5) is 9.66. The van der Waals surface area contributed by atoms with E-state index >= 15 is 0 Å². The predicted molar refractivity (Wildman–Crippen MR) is 130 cm³/mol. The molecule has 0 saturated heterocycles. The van der Waals surface area contributed by atoms with Crippen molar-refractivity contribution in [2.45, 2.75) is 33.7 Å². The number of hydrogen-bond donors (Lipinski definition) is 1. The van der Waals surface area contributed by atoms with Crippen LogP contribution in [0.25, 0.3) is 22.8 Å². The van der Waals surface area contributed by atoms with Crippen LogP contribution in [-0.2, 0) is 13.0 Å². The minimum Gasteiger partial charge on any atom is -0.308 e. The first kappa shape index (κ1) is 20.8. The summed E-state index contributed by atoms with van der Waals surface area (Å²) < 4.78 is 2.23. The van der Waals surface area contributed by atoms with E-state index in [1.165, 1.54) is 11.1 Å². The number of rotatable bonds is 6. The number of tetrazole rings is 1. The molecule has 0 aliphatic rings. The molecule has 7 nitrogen and oxygen atoms in total. The summed E-state index contributed by atoms with van der Waals surface area (Å²) in [5, 5.41) is 14.4. The van der Waals surface area contributed by atoms with Crippen molar-refractivity contribution in [3.8, 4) is 0 Å². The molecule has 0 amide bonds. The molecule has 164 valence electrons. The average Bonchev–Trinajstić information content (AvgIpc) is 3.47. The lowest BCUT2D eigenvalue weighted by molar-refractivity contribution is 0.745. The third-order valence-electron chi connectivity index (χ3n) is 5.74. The number of aromatic amines is 1. The number of nitrogens with zero attached hydrogens (tertiary/aromatic N) is 6. The van der Waals surface area contributed by atoms with Gasteiger partial charge in [-0.2, -0.15) is 5.21 Å². The van der Waals surface area contributed by atoms with Gasteiger partial charge in [0, 0.05) is 12.1 Å². The quantitative estimate of drug-likeness (QED) is 0.416. The van der Waals surface area contributed by atoms with Gasteiger partial charge in [0.1, 0.15) is 11.3 Å². The van der Waals surface area contributed by atoms with E-state index in [0.717, 1.165) is 52.3 Å². The van der Waals surface area contributed by atoms with Gasteiger partial charge in [-0.3, -0.25) is 0 Å². The molecule has 0 spiro atoms. The van der Waals surface area contributed by atoms with E-state index in [1.807, 2.05) is 31.2 Å². The van der Waals surface area contributed by atoms with Crippen molar-refractivity contribution < 1.29 is 0 Å². The third kappa shape index (κ3) is 4.17. The van der Waals surface area contributed by atoms with Crippen LogP contribution < -0.4 is 0 Å². The Morgan fingerprint density at radius 1 is 0.970 bits per heavy atom. The molecule has 1 N–H and O–H groups in total. The first-order valence-corrected chi connectivity index (χ1v) is 11.1. The second-order valence-electron chi connectivity index (χ2n) is 8.11. The molecule has 5 aromatic rings. The van der Waals surface area contributed by atoms with Gasteiger partial charge in [-0.05, 0) is 59.0 Å². The van der Waals surface area contributed by atoms with E-state index in [-0.39, 0.29) is 0 Å². The fourth-order valence-corrected chi connectivity index (χ4v) is 4.17. The Morgan fingerprint density at radius 3 is 2.42 bits per heavy atom. The van der Waals surface area contributed by atoms with Gasteiger partial charge >= 0.3 is 0 Å². The molecule has 7 heteroatoms. The number of benzene rings is 2. The van der Waals surface area contributed by atoms with Crippen LogP contribution in [0.15, 0.2) is 60.7 Å². The molecule has 3 heterocycles. The molecule has 5 rings (SSSR count). The van der Waals surface area contributed by atoms with Gasteiger partial charge < -0.3 is 4.57 Å². The lowest BCUT2D eigenvalue weighted by Gasteiger charge is -2.11. The van der Waals surface area contributed by atoms with E-state index in [4.69, 9.17) is 9.97 Å². The molecule has 3 aromatic heterocycles. The van der Waals surface area contributed by atoms with Gasteiger partial charge in [0.25, 0.3) is 0 Å². The van der Waals surface area contributed by atoms with Gasteiger partial charge in [-0.1, -0.05) is 61.5 Å². The van der Waals surface area contributed by atoms with Crippen LogP contribution in [0.4, 0.5) is 0 Å². The second-order valence-corrected chi connectivity index (χ2v) is 8.11. The van der Waals surface area contributed by atoms with Gasteiger partial charge in [-0.15, -0.1) is 10.2 Å². The third-order valence-corrected chi connectivity index (χ3v) is 5.74. The van der Waals surface area contributed by atoms with Crippen molar-refractivity contribution in [3.05, 3.63) is 100 Å². The number of H-pyrrole nitrogens is 1. The van der Waals surface area contributed by atoms with Crippen molar-refractivity contribution in [1.82, 2.24) is 35.2 Å². The summed E-state index contributed by atoms with van der Waals surface area (Å²) in [5.41, 5.74) is 8.54. The Morgan fingerprint density at radius 2 is 1.73 bits per heavy atom. The van der Waals surface area contributed by atoms with E-state index in [9.17, 15) is 0 Å². The highest BCUT2D eigenvalue weighted by Gasteiger charge is 2.14. The van der Waals surface area contributed by atoms with E-state index in [1.54, 1.807) is 0 Å². The zero-order valence-corrected chi connectivity index (χ0v) is 18.9. The van der Waals surface area contributed by atoms with Crippen LogP contribution in [0.1, 0.15) is 46.5 Å². The predicted octanol–water partition coefficient (Wildman–Crippen LogP) is 4.76. The summed E-state index contributed by atoms with van der Waals surface area (Å²) in [6, 6.07) is 20.9. The topological polar surface area (TPSA) is 85.2 Å². The maximum atomic E-state index is 4.86. The summed E-state index contributed by atoms with van der Waals surface area (Å²) in [6.45, 7) is 7.00. The van der Waals surface area contributed by atoms with Gasteiger partial charge in [0.2, 0.25) is 0 Å². The molecule has 0 radical (unpaired) electrons. The van der Waals surface area contributed by atoms with E-state index < -0.39 is 0 Å². The molecule has 0 aliphatic heterocycles. The minimum atomic E-state index is 0.548. The lowest BCUT2D eigenvalue weighted by atomic mass is 9.96. The molecule has 0 bridgehead atoms. The fraction of sp³-hybridized carbons (Fsp3) is 0.192. The Kier molecular flexibility index (Phi) is 5.52. The van der Waals surface area contributed by atoms with Crippen molar-refractivity contribution in [3.63, 3.8) is 0 Å². The zero-order chi connectivity index (χ0) is 22.8. The number of hydrogen-bond acceptors (Lipinski definition) is 5. The largest absolute Gasteiger partial charge is 0.308 e. The number of imidazole rings is 1. The molecule has 0 unspecified atom stereocenters. The summed E-state index contributed by atoms with van der Waals surface area (Å²) in [6.07, 6.45) is 2.81. The van der Waals surface area contributed by atoms with Gasteiger partial charge in [0.05, 0.1) is 6.54 Å². The maximum Gasteiger partial charge on any atom is 0.198 e. The highest BCUT2D eigenvalue weighted by molar-refractivity contribution is 5.90. The molecule has 0 fully saturated rings. The van der Waals surface area contributed by atoms with Crippen molar-refractivity contribution >= 4 is 22.8 Å². The molecule has 2 aromatic carbocycles.